The summed E-state index contributed by atoms with van der Waals surface area (Å²) in [5, 5.41) is 0.362. The summed E-state index contributed by atoms with van der Waals surface area (Å²) in [5.74, 6) is 1.71. The number of nitrogen functional groups attached to an aromatic ring is 1. The minimum Gasteiger partial charge on any atom is -0.368 e. The highest BCUT2D eigenvalue weighted by atomic mass is 35.5. The van der Waals surface area contributed by atoms with Crippen molar-refractivity contribution in [2.24, 2.45) is 0 Å². The molecule has 0 aromatic carbocycles. The molecule has 3 heterocycles. The lowest BCUT2D eigenvalue weighted by Crippen LogP contribution is -2.47. The average molecular weight is 292 g/mol. The molecular weight excluding hydrogens is 278 g/mol. The molecule has 0 radical (unpaired) electrons. The van der Waals surface area contributed by atoms with Crippen molar-refractivity contribution in [3.8, 4) is 0 Å². The average Bonchev–Trinajstić information content (AvgIpc) is 2.47. The number of anilines is 3. The SMILES string of the molecule is Nc1nc(Cl)cc(N2CCN(c3ncccn3)CC2)n1. The summed E-state index contributed by atoms with van der Waals surface area (Å²) in [7, 11) is 0. The zero-order chi connectivity index (χ0) is 13.9. The maximum absolute atomic E-state index is 5.91. The smallest absolute Gasteiger partial charge is 0.225 e. The van der Waals surface area contributed by atoms with Gasteiger partial charge in [-0.2, -0.15) is 4.98 Å². The van der Waals surface area contributed by atoms with Gasteiger partial charge < -0.3 is 15.5 Å². The first-order valence-corrected chi connectivity index (χ1v) is 6.67. The molecule has 1 saturated heterocycles. The van der Waals surface area contributed by atoms with Gasteiger partial charge in [-0.05, 0) is 6.07 Å². The van der Waals surface area contributed by atoms with E-state index in [1.807, 2.05) is 6.07 Å². The fourth-order valence-electron chi connectivity index (χ4n) is 2.17. The molecule has 8 heteroatoms. The lowest BCUT2D eigenvalue weighted by Gasteiger charge is -2.35. The van der Waals surface area contributed by atoms with Gasteiger partial charge in [0.25, 0.3) is 0 Å². The molecule has 0 bridgehead atoms. The number of hydrogen-bond donors (Lipinski definition) is 1. The maximum Gasteiger partial charge on any atom is 0.225 e. The van der Waals surface area contributed by atoms with Crippen LogP contribution in [0.2, 0.25) is 5.15 Å². The van der Waals surface area contributed by atoms with Gasteiger partial charge in [0, 0.05) is 44.6 Å². The molecule has 0 saturated carbocycles. The summed E-state index contributed by atoms with van der Waals surface area (Å²) in [6.45, 7) is 3.27. The van der Waals surface area contributed by atoms with Gasteiger partial charge in [0.15, 0.2) is 0 Å². The molecule has 0 amide bonds. The monoisotopic (exact) mass is 291 g/mol. The summed E-state index contributed by atoms with van der Waals surface area (Å²) in [6, 6.07) is 3.54. The zero-order valence-electron chi connectivity index (χ0n) is 10.8. The van der Waals surface area contributed by atoms with Crippen molar-refractivity contribution in [1.29, 1.82) is 0 Å². The highest BCUT2D eigenvalue weighted by Crippen LogP contribution is 2.19. The Labute approximate surface area is 121 Å². The van der Waals surface area contributed by atoms with Crippen molar-refractivity contribution < 1.29 is 0 Å². The van der Waals surface area contributed by atoms with E-state index in [4.69, 9.17) is 17.3 Å². The first kappa shape index (κ1) is 12.9. The second-order valence-electron chi connectivity index (χ2n) is 4.43. The van der Waals surface area contributed by atoms with Crippen LogP contribution >= 0.6 is 11.6 Å². The molecule has 3 rings (SSSR count). The molecule has 2 N–H and O–H groups in total. The number of nitrogens with two attached hydrogens (primary N) is 1. The van der Waals surface area contributed by atoms with Crippen molar-refractivity contribution >= 4 is 29.3 Å². The first-order chi connectivity index (χ1) is 9.72. The molecular formula is C12H14ClN7. The van der Waals surface area contributed by atoms with Gasteiger partial charge in [0.1, 0.15) is 11.0 Å². The van der Waals surface area contributed by atoms with Gasteiger partial charge in [-0.1, -0.05) is 11.6 Å². The third kappa shape index (κ3) is 2.72. The van der Waals surface area contributed by atoms with E-state index in [9.17, 15) is 0 Å². The summed E-state index contributed by atoms with van der Waals surface area (Å²) >= 11 is 5.91. The largest absolute Gasteiger partial charge is 0.368 e. The second kappa shape index (κ2) is 5.46. The normalized spacial score (nSPS) is 15.4. The second-order valence-corrected chi connectivity index (χ2v) is 4.82. The first-order valence-electron chi connectivity index (χ1n) is 6.29. The van der Waals surface area contributed by atoms with Crippen LogP contribution in [-0.2, 0) is 0 Å². The van der Waals surface area contributed by atoms with Crippen LogP contribution in [-0.4, -0.2) is 46.1 Å². The number of halogens is 1. The van der Waals surface area contributed by atoms with E-state index in [0.717, 1.165) is 37.9 Å². The Morgan fingerprint density at radius 3 is 2.30 bits per heavy atom. The Hall–Kier alpha value is -2.15. The van der Waals surface area contributed by atoms with Crippen molar-refractivity contribution in [1.82, 2.24) is 19.9 Å². The van der Waals surface area contributed by atoms with Crippen molar-refractivity contribution in [2.45, 2.75) is 0 Å². The molecule has 2 aromatic rings. The third-order valence-electron chi connectivity index (χ3n) is 3.14. The molecule has 1 fully saturated rings. The highest BCUT2D eigenvalue weighted by Gasteiger charge is 2.20. The van der Waals surface area contributed by atoms with Crippen LogP contribution in [0, 0.1) is 0 Å². The fraction of sp³-hybridized carbons (Fsp3) is 0.333. The van der Waals surface area contributed by atoms with E-state index in [1.54, 1.807) is 18.5 Å². The predicted octanol–water partition coefficient (Wildman–Crippen LogP) is 0.829. The van der Waals surface area contributed by atoms with E-state index in [-0.39, 0.29) is 5.95 Å². The topological polar surface area (TPSA) is 84.1 Å². The van der Waals surface area contributed by atoms with Crippen molar-refractivity contribution in [3.05, 3.63) is 29.7 Å². The summed E-state index contributed by atoms with van der Waals surface area (Å²) < 4.78 is 0. The van der Waals surface area contributed by atoms with Crippen molar-refractivity contribution in [2.75, 3.05) is 41.7 Å². The van der Waals surface area contributed by atoms with Crippen LogP contribution in [0.15, 0.2) is 24.5 Å². The van der Waals surface area contributed by atoms with Gasteiger partial charge in [0.05, 0.1) is 0 Å². The molecule has 20 heavy (non-hydrogen) atoms. The van der Waals surface area contributed by atoms with Gasteiger partial charge >= 0.3 is 0 Å². The minimum absolute atomic E-state index is 0.196. The maximum atomic E-state index is 5.91. The molecule has 1 aliphatic rings. The van der Waals surface area contributed by atoms with E-state index >= 15 is 0 Å². The Morgan fingerprint density at radius 2 is 1.65 bits per heavy atom. The number of nitrogens with zero attached hydrogens (tertiary/aromatic N) is 6. The Balaban J connectivity index is 1.69. The summed E-state index contributed by atoms with van der Waals surface area (Å²) in [5.41, 5.74) is 5.62. The van der Waals surface area contributed by atoms with E-state index < -0.39 is 0 Å². The highest BCUT2D eigenvalue weighted by molar-refractivity contribution is 6.29. The van der Waals surface area contributed by atoms with E-state index in [2.05, 4.69) is 29.7 Å². The number of piperazine rings is 1. The molecule has 1 aliphatic heterocycles. The fourth-order valence-corrected chi connectivity index (χ4v) is 2.36. The third-order valence-corrected chi connectivity index (χ3v) is 3.33. The number of aromatic nitrogens is 4. The van der Waals surface area contributed by atoms with Crippen LogP contribution in [0.1, 0.15) is 0 Å². The van der Waals surface area contributed by atoms with E-state index in [1.165, 1.54) is 0 Å². The molecule has 0 unspecified atom stereocenters. The Kier molecular flexibility index (Phi) is 3.51. The van der Waals surface area contributed by atoms with Gasteiger partial charge in [-0.25, -0.2) is 15.0 Å². The molecule has 7 nitrogen and oxygen atoms in total. The van der Waals surface area contributed by atoms with Crippen LogP contribution in [0.4, 0.5) is 17.7 Å². The van der Waals surface area contributed by atoms with E-state index in [0.29, 0.717) is 5.15 Å². The molecule has 0 spiro atoms. The molecule has 0 atom stereocenters. The zero-order valence-corrected chi connectivity index (χ0v) is 11.5. The molecule has 2 aromatic heterocycles. The van der Waals surface area contributed by atoms with Crippen LogP contribution < -0.4 is 15.5 Å². The number of hydrogen-bond acceptors (Lipinski definition) is 7. The quantitative estimate of drug-likeness (QED) is 0.820. The van der Waals surface area contributed by atoms with Crippen LogP contribution in [0.5, 0.6) is 0 Å². The van der Waals surface area contributed by atoms with Gasteiger partial charge in [-0.15, -0.1) is 0 Å². The standard InChI is InChI=1S/C12H14ClN7/c13-9-8-10(18-11(14)17-9)19-4-6-20(7-5-19)12-15-2-1-3-16-12/h1-3,8H,4-7H2,(H2,14,17,18). The lowest BCUT2D eigenvalue weighted by molar-refractivity contribution is 0.634. The molecule has 0 aliphatic carbocycles. The van der Waals surface area contributed by atoms with Gasteiger partial charge in [0.2, 0.25) is 11.9 Å². The lowest BCUT2D eigenvalue weighted by atomic mass is 10.3. The van der Waals surface area contributed by atoms with Gasteiger partial charge in [-0.3, -0.25) is 0 Å². The Morgan fingerprint density at radius 1 is 1.00 bits per heavy atom. The van der Waals surface area contributed by atoms with Crippen LogP contribution in [0.3, 0.4) is 0 Å². The Bertz CT molecular complexity index is 563. The van der Waals surface area contributed by atoms with Crippen molar-refractivity contribution in [3.63, 3.8) is 0 Å². The van der Waals surface area contributed by atoms with Crippen LogP contribution in [0.25, 0.3) is 0 Å². The summed E-state index contributed by atoms with van der Waals surface area (Å²) in [6.07, 6.45) is 3.50. The summed E-state index contributed by atoms with van der Waals surface area (Å²) in [4.78, 5) is 20.9. The number of rotatable bonds is 2. The predicted molar refractivity (Wildman–Crippen MR) is 77.9 cm³/mol. The molecule has 104 valence electrons. The minimum atomic E-state index is 0.196.